The second-order valence-electron chi connectivity index (χ2n) is 5.17. The Bertz CT molecular complexity index is 743. The van der Waals surface area contributed by atoms with Gasteiger partial charge in [-0.3, -0.25) is 9.59 Å². The number of benzene rings is 1. The molecule has 0 fully saturated rings. The van der Waals surface area contributed by atoms with Crippen LogP contribution in [-0.4, -0.2) is 34.8 Å². The minimum atomic E-state index is -0.874. The fraction of sp³-hybridized carbons (Fsp3) is 0.294. The number of ether oxygens (including phenoxy) is 1. The summed E-state index contributed by atoms with van der Waals surface area (Å²) < 4.78 is 6.89. The Morgan fingerprint density at radius 1 is 1.33 bits per heavy atom. The minimum Gasteiger partial charge on any atom is -0.491 e. The van der Waals surface area contributed by atoms with E-state index in [1.165, 1.54) is 10.6 Å². The highest BCUT2D eigenvalue weighted by Crippen LogP contribution is 2.15. The molecule has 0 aliphatic carbocycles. The summed E-state index contributed by atoms with van der Waals surface area (Å²) in [6.07, 6.45) is 0.692. The smallest absolute Gasteiger partial charge is 0.251 e. The van der Waals surface area contributed by atoms with Gasteiger partial charge in [-0.2, -0.15) is 0 Å². The number of hydrogen-bond acceptors (Lipinski definition) is 4. The van der Waals surface area contributed by atoms with E-state index in [0.717, 1.165) is 0 Å². The lowest BCUT2D eigenvalue weighted by Gasteiger charge is -2.13. The molecule has 2 N–H and O–H groups in total. The van der Waals surface area contributed by atoms with Crippen LogP contribution < -0.4 is 15.6 Å². The molecule has 1 atom stereocenters. The zero-order valence-electron chi connectivity index (χ0n) is 13.2. The van der Waals surface area contributed by atoms with Crippen LogP contribution in [0.3, 0.4) is 0 Å². The molecule has 0 saturated carbocycles. The van der Waals surface area contributed by atoms with Gasteiger partial charge >= 0.3 is 0 Å². The van der Waals surface area contributed by atoms with Crippen LogP contribution in [0.2, 0.25) is 5.02 Å². The summed E-state index contributed by atoms with van der Waals surface area (Å²) in [6.45, 7) is 2.43. The van der Waals surface area contributed by atoms with Crippen LogP contribution in [0.1, 0.15) is 17.3 Å². The standard InChI is InChI=1S/C17H19ClN2O4/c1-2-20-8-7-12(9-16(20)22)17(23)19-10-14(21)11-24-15-5-3-13(18)4-6-15/h3-9,14,21H,2,10-11H2,1H3,(H,19,23). The molecular weight excluding hydrogens is 332 g/mol. The van der Waals surface area contributed by atoms with Crippen LogP contribution in [0.4, 0.5) is 0 Å². The molecule has 0 spiro atoms. The molecule has 2 aromatic rings. The van der Waals surface area contributed by atoms with Crippen LogP contribution in [-0.2, 0) is 6.54 Å². The maximum absolute atomic E-state index is 12.0. The fourth-order valence-electron chi connectivity index (χ4n) is 2.01. The first kappa shape index (κ1) is 18.0. The van der Waals surface area contributed by atoms with Gasteiger partial charge in [-0.15, -0.1) is 0 Å². The number of rotatable bonds is 7. The van der Waals surface area contributed by atoms with E-state index >= 15 is 0 Å². The predicted molar refractivity (Wildman–Crippen MR) is 91.7 cm³/mol. The average molecular weight is 351 g/mol. The van der Waals surface area contributed by atoms with E-state index in [1.54, 1.807) is 36.5 Å². The number of aliphatic hydroxyl groups is 1. The molecule has 0 saturated heterocycles. The number of carbonyl (C=O) groups excluding carboxylic acids is 1. The van der Waals surface area contributed by atoms with Crippen molar-refractivity contribution in [2.75, 3.05) is 13.2 Å². The maximum Gasteiger partial charge on any atom is 0.251 e. The van der Waals surface area contributed by atoms with E-state index in [4.69, 9.17) is 16.3 Å². The number of hydrogen-bond donors (Lipinski definition) is 2. The third-order valence-electron chi connectivity index (χ3n) is 3.35. The fourth-order valence-corrected chi connectivity index (χ4v) is 2.13. The SMILES string of the molecule is CCn1ccc(C(=O)NCC(O)COc2ccc(Cl)cc2)cc1=O. The molecule has 1 aromatic carbocycles. The third kappa shape index (κ3) is 5.11. The third-order valence-corrected chi connectivity index (χ3v) is 3.61. The van der Waals surface area contributed by atoms with E-state index < -0.39 is 12.0 Å². The summed E-state index contributed by atoms with van der Waals surface area (Å²) in [5, 5.41) is 13.0. The lowest BCUT2D eigenvalue weighted by atomic mass is 10.2. The molecule has 0 radical (unpaired) electrons. The van der Waals surface area contributed by atoms with Gasteiger partial charge in [0, 0.05) is 35.9 Å². The van der Waals surface area contributed by atoms with Gasteiger partial charge in [0.2, 0.25) is 0 Å². The van der Waals surface area contributed by atoms with E-state index in [0.29, 0.717) is 17.3 Å². The molecule has 6 nitrogen and oxygen atoms in total. The Morgan fingerprint density at radius 2 is 2.04 bits per heavy atom. The topological polar surface area (TPSA) is 80.6 Å². The largest absolute Gasteiger partial charge is 0.491 e. The van der Waals surface area contributed by atoms with Crippen molar-refractivity contribution in [3.8, 4) is 5.75 Å². The molecule has 1 heterocycles. The number of nitrogens with zero attached hydrogens (tertiary/aromatic N) is 1. The first-order valence-corrected chi connectivity index (χ1v) is 7.92. The quantitative estimate of drug-likeness (QED) is 0.796. The lowest BCUT2D eigenvalue weighted by Crippen LogP contribution is -2.35. The molecule has 1 unspecified atom stereocenters. The molecule has 24 heavy (non-hydrogen) atoms. The number of carbonyl (C=O) groups is 1. The van der Waals surface area contributed by atoms with Gasteiger partial charge in [-0.05, 0) is 37.3 Å². The molecule has 1 aromatic heterocycles. The van der Waals surface area contributed by atoms with E-state index in [2.05, 4.69) is 5.32 Å². The Hall–Kier alpha value is -2.31. The first-order chi connectivity index (χ1) is 11.5. The lowest BCUT2D eigenvalue weighted by molar-refractivity contribution is 0.0843. The number of aryl methyl sites for hydroxylation is 1. The van der Waals surface area contributed by atoms with Crippen molar-refractivity contribution in [3.63, 3.8) is 0 Å². The number of halogens is 1. The van der Waals surface area contributed by atoms with Crippen molar-refractivity contribution in [2.45, 2.75) is 19.6 Å². The van der Waals surface area contributed by atoms with Gasteiger partial charge in [0.05, 0.1) is 0 Å². The highest BCUT2D eigenvalue weighted by atomic mass is 35.5. The van der Waals surface area contributed by atoms with Crippen LogP contribution in [0.15, 0.2) is 47.4 Å². The number of amides is 1. The van der Waals surface area contributed by atoms with Gasteiger partial charge in [0.1, 0.15) is 18.5 Å². The summed E-state index contributed by atoms with van der Waals surface area (Å²) in [7, 11) is 0. The van der Waals surface area contributed by atoms with Gasteiger partial charge in [0.25, 0.3) is 11.5 Å². The van der Waals surface area contributed by atoms with Crippen LogP contribution >= 0.6 is 11.6 Å². The number of pyridine rings is 1. The minimum absolute atomic E-state index is 0.0171. The summed E-state index contributed by atoms with van der Waals surface area (Å²) >= 11 is 5.77. The van der Waals surface area contributed by atoms with Crippen molar-refractivity contribution in [3.05, 3.63) is 63.5 Å². The molecule has 128 valence electrons. The molecule has 1 amide bonds. The van der Waals surface area contributed by atoms with Crippen molar-refractivity contribution in [1.82, 2.24) is 9.88 Å². The van der Waals surface area contributed by atoms with Crippen LogP contribution in [0, 0.1) is 0 Å². The molecular formula is C17H19ClN2O4. The zero-order chi connectivity index (χ0) is 17.5. The second-order valence-corrected chi connectivity index (χ2v) is 5.60. The normalized spacial score (nSPS) is 11.8. The Labute approximate surface area is 144 Å². The highest BCUT2D eigenvalue weighted by molar-refractivity contribution is 6.30. The van der Waals surface area contributed by atoms with Gasteiger partial charge in [-0.1, -0.05) is 11.6 Å². The van der Waals surface area contributed by atoms with Crippen molar-refractivity contribution in [1.29, 1.82) is 0 Å². The second kappa shape index (κ2) is 8.52. The molecule has 0 aliphatic rings. The predicted octanol–water partition coefficient (Wildman–Crippen LogP) is 1.69. The van der Waals surface area contributed by atoms with Crippen LogP contribution in [0.5, 0.6) is 5.75 Å². The highest BCUT2D eigenvalue weighted by Gasteiger charge is 2.11. The Balaban J connectivity index is 1.81. The average Bonchev–Trinajstić information content (AvgIpc) is 2.59. The first-order valence-electron chi connectivity index (χ1n) is 7.54. The van der Waals surface area contributed by atoms with Crippen molar-refractivity contribution < 1.29 is 14.6 Å². The molecule has 0 aliphatic heterocycles. The number of aliphatic hydroxyl groups excluding tert-OH is 1. The summed E-state index contributed by atoms with van der Waals surface area (Å²) in [5.41, 5.74) is 0.0206. The van der Waals surface area contributed by atoms with Gasteiger partial charge in [-0.25, -0.2) is 0 Å². The molecule has 7 heteroatoms. The summed E-state index contributed by atoms with van der Waals surface area (Å²) in [5.74, 6) is 0.161. The monoisotopic (exact) mass is 350 g/mol. The molecule has 2 rings (SSSR count). The van der Waals surface area contributed by atoms with Gasteiger partial charge < -0.3 is 19.7 Å². The Kier molecular flexibility index (Phi) is 6.40. The molecule has 0 bridgehead atoms. The van der Waals surface area contributed by atoms with Gasteiger partial charge in [0.15, 0.2) is 0 Å². The zero-order valence-corrected chi connectivity index (χ0v) is 14.0. The number of nitrogens with one attached hydrogen (secondary N) is 1. The number of aromatic nitrogens is 1. The van der Waals surface area contributed by atoms with Crippen molar-refractivity contribution >= 4 is 17.5 Å². The van der Waals surface area contributed by atoms with Crippen LogP contribution in [0.25, 0.3) is 0 Å². The maximum atomic E-state index is 12.0. The van der Waals surface area contributed by atoms with E-state index in [1.807, 2.05) is 6.92 Å². The van der Waals surface area contributed by atoms with Crippen molar-refractivity contribution in [2.24, 2.45) is 0 Å². The Morgan fingerprint density at radius 3 is 2.67 bits per heavy atom. The summed E-state index contributed by atoms with van der Waals surface area (Å²) in [6, 6.07) is 9.59. The van der Waals surface area contributed by atoms with E-state index in [-0.39, 0.29) is 24.3 Å². The summed E-state index contributed by atoms with van der Waals surface area (Å²) in [4.78, 5) is 23.7. The van der Waals surface area contributed by atoms with E-state index in [9.17, 15) is 14.7 Å².